The third-order valence-electron chi connectivity index (χ3n) is 3.31. The summed E-state index contributed by atoms with van der Waals surface area (Å²) in [5.74, 6) is 1.10. The van der Waals surface area contributed by atoms with Crippen LogP contribution >= 0.6 is 0 Å². The molecule has 18 heavy (non-hydrogen) atoms. The van der Waals surface area contributed by atoms with Crippen LogP contribution in [0, 0.1) is 0 Å². The predicted octanol–water partition coefficient (Wildman–Crippen LogP) is 3.35. The Bertz CT molecular complexity index is 272. The van der Waals surface area contributed by atoms with E-state index in [9.17, 15) is 5.11 Å². The van der Waals surface area contributed by atoms with Gasteiger partial charge in [-0.3, -0.25) is 4.99 Å². The van der Waals surface area contributed by atoms with Gasteiger partial charge < -0.3 is 10.0 Å². The van der Waals surface area contributed by atoms with Crippen LogP contribution in [0.25, 0.3) is 0 Å². The molecule has 104 valence electrons. The van der Waals surface area contributed by atoms with Gasteiger partial charge in [0.25, 0.3) is 0 Å². The van der Waals surface area contributed by atoms with E-state index in [0.717, 1.165) is 25.3 Å². The van der Waals surface area contributed by atoms with Crippen molar-refractivity contribution >= 4 is 5.84 Å². The van der Waals surface area contributed by atoms with Crippen LogP contribution in [0.2, 0.25) is 0 Å². The van der Waals surface area contributed by atoms with E-state index in [0.29, 0.717) is 0 Å². The van der Waals surface area contributed by atoms with Gasteiger partial charge in [-0.15, -0.1) is 0 Å². The second kappa shape index (κ2) is 9.15. The molecule has 0 aromatic rings. The highest BCUT2D eigenvalue weighted by Gasteiger charge is 2.19. The molecule has 3 nitrogen and oxygen atoms in total. The van der Waals surface area contributed by atoms with Crippen molar-refractivity contribution in [2.75, 3.05) is 13.1 Å². The second-order valence-corrected chi connectivity index (χ2v) is 4.98. The van der Waals surface area contributed by atoms with E-state index in [2.05, 4.69) is 24.1 Å². The molecule has 1 atom stereocenters. The zero-order valence-corrected chi connectivity index (χ0v) is 11.9. The summed E-state index contributed by atoms with van der Waals surface area (Å²) in [6.07, 6.45) is 12.6. The lowest BCUT2D eigenvalue weighted by Crippen LogP contribution is -2.35. The van der Waals surface area contributed by atoms with Crippen molar-refractivity contribution in [2.45, 2.75) is 65.0 Å². The van der Waals surface area contributed by atoms with Crippen molar-refractivity contribution in [2.24, 2.45) is 4.99 Å². The third kappa shape index (κ3) is 5.67. The van der Waals surface area contributed by atoms with Crippen molar-refractivity contribution in [3.8, 4) is 0 Å². The summed E-state index contributed by atoms with van der Waals surface area (Å²) in [7, 11) is 0. The van der Waals surface area contributed by atoms with Gasteiger partial charge >= 0.3 is 0 Å². The molecule has 0 saturated heterocycles. The number of hydrogen-bond acceptors (Lipinski definition) is 3. The first-order chi connectivity index (χ1) is 8.75. The van der Waals surface area contributed by atoms with Crippen molar-refractivity contribution in [1.82, 2.24) is 4.90 Å². The molecule has 0 aliphatic carbocycles. The zero-order valence-electron chi connectivity index (χ0n) is 11.9. The molecular weight excluding hydrogens is 224 g/mol. The number of nitrogens with zero attached hydrogens (tertiary/aromatic N) is 2. The monoisotopic (exact) mass is 252 g/mol. The summed E-state index contributed by atoms with van der Waals surface area (Å²) in [4.78, 5) is 6.48. The summed E-state index contributed by atoms with van der Waals surface area (Å²) in [5.41, 5.74) is 0. The summed E-state index contributed by atoms with van der Waals surface area (Å²) >= 11 is 0. The molecule has 0 radical (unpaired) electrons. The fourth-order valence-electron chi connectivity index (χ4n) is 2.26. The number of aliphatic hydroxyl groups excluding tert-OH is 1. The van der Waals surface area contributed by atoms with Gasteiger partial charge in [0.15, 0.2) is 0 Å². The maximum absolute atomic E-state index is 9.58. The Kier molecular flexibility index (Phi) is 7.74. The highest BCUT2D eigenvalue weighted by atomic mass is 16.3. The van der Waals surface area contributed by atoms with E-state index >= 15 is 0 Å². The smallest absolute Gasteiger partial charge is 0.125 e. The fourth-order valence-corrected chi connectivity index (χ4v) is 2.26. The van der Waals surface area contributed by atoms with Crippen LogP contribution in [0.5, 0.6) is 0 Å². The minimum absolute atomic E-state index is 0.386. The molecule has 0 bridgehead atoms. The van der Waals surface area contributed by atoms with Crippen LogP contribution in [0.1, 0.15) is 58.8 Å². The summed E-state index contributed by atoms with van der Waals surface area (Å²) in [6, 6.07) is 0. The lowest BCUT2D eigenvalue weighted by Gasteiger charge is -2.23. The Labute approximate surface area is 112 Å². The molecule has 1 heterocycles. The maximum Gasteiger partial charge on any atom is 0.125 e. The standard InChI is InChI=1S/C15H28N2O/c1-3-4-5-6-7-8-9-10-11-15-16-12-13-17(15)14(2)18/h5-6,14,18H,3-4,7-13H2,1-2H3/b6-5+. The number of hydrogen-bond donors (Lipinski definition) is 1. The molecule has 1 aliphatic rings. The third-order valence-corrected chi connectivity index (χ3v) is 3.31. The molecule has 1 rings (SSSR count). The number of amidine groups is 1. The summed E-state index contributed by atoms with van der Waals surface area (Å²) < 4.78 is 0. The van der Waals surface area contributed by atoms with Crippen LogP contribution in [-0.4, -0.2) is 35.2 Å². The molecule has 1 unspecified atom stereocenters. The Morgan fingerprint density at radius 2 is 2.06 bits per heavy atom. The van der Waals surface area contributed by atoms with Gasteiger partial charge in [0.2, 0.25) is 0 Å². The maximum atomic E-state index is 9.58. The highest BCUT2D eigenvalue weighted by molar-refractivity contribution is 5.83. The van der Waals surface area contributed by atoms with Gasteiger partial charge in [0, 0.05) is 13.0 Å². The van der Waals surface area contributed by atoms with Crippen molar-refractivity contribution in [3.63, 3.8) is 0 Å². The van der Waals surface area contributed by atoms with Gasteiger partial charge in [0.1, 0.15) is 12.1 Å². The lowest BCUT2D eigenvalue weighted by atomic mass is 10.1. The van der Waals surface area contributed by atoms with Crippen molar-refractivity contribution in [1.29, 1.82) is 0 Å². The molecule has 0 aromatic carbocycles. The molecule has 3 heteroatoms. The van der Waals surface area contributed by atoms with Crippen LogP contribution < -0.4 is 0 Å². The topological polar surface area (TPSA) is 35.8 Å². The molecular formula is C15H28N2O. The van der Waals surface area contributed by atoms with Crippen LogP contribution in [0.3, 0.4) is 0 Å². The molecule has 0 spiro atoms. The molecule has 0 aromatic heterocycles. The van der Waals surface area contributed by atoms with E-state index < -0.39 is 0 Å². The first kappa shape index (κ1) is 15.2. The quantitative estimate of drug-likeness (QED) is 0.504. The highest BCUT2D eigenvalue weighted by Crippen LogP contribution is 2.12. The predicted molar refractivity (Wildman–Crippen MR) is 77.8 cm³/mol. The van der Waals surface area contributed by atoms with E-state index in [1.54, 1.807) is 0 Å². The lowest BCUT2D eigenvalue weighted by molar-refractivity contribution is 0.0766. The largest absolute Gasteiger partial charge is 0.374 e. The SMILES string of the molecule is CCC/C=C/CCCCCC1=NCCN1C(C)O. The van der Waals surface area contributed by atoms with Crippen molar-refractivity contribution in [3.05, 3.63) is 12.2 Å². The van der Waals surface area contributed by atoms with Gasteiger partial charge in [-0.25, -0.2) is 0 Å². The zero-order chi connectivity index (χ0) is 13.2. The van der Waals surface area contributed by atoms with Gasteiger partial charge in [0.05, 0.1) is 6.54 Å². The van der Waals surface area contributed by atoms with Gasteiger partial charge in [-0.05, 0) is 32.6 Å². The van der Waals surface area contributed by atoms with Gasteiger partial charge in [-0.2, -0.15) is 0 Å². The van der Waals surface area contributed by atoms with E-state index in [4.69, 9.17) is 0 Å². The first-order valence-corrected chi connectivity index (χ1v) is 7.38. The minimum Gasteiger partial charge on any atom is -0.374 e. The fraction of sp³-hybridized carbons (Fsp3) is 0.800. The Morgan fingerprint density at radius 1 is 1.28 bits per heavy atom. The number of aliphatic hydroxyl groups is 1. The molecule has 1 aliphatic heterocycles. The Hall–Kier alpha value is -0.830. The van der Waals surface area contributed by atoms with E-state index in [-0.39, 0.29) is 6.23 Å². The summed E-state index contributed by atoms with van der Waals surface area (Å²) in [6.45, 7) is 5.76. The van der Waals surface area contributed by atoms with Gasteiger partial charge in [-0.1, -0.05) is 31.9 Å². The van der Waals surface area contributed by atoms with Crippen LogP contribution in [-0.2, 0) is 0 Å². The Balaban J connectivity index is 2.04. The molecule has 1 N–H and O–H groups in total. The molecule has 0 amide bonds. The van der Waals surface area contributed by atoms with Crippen molar-refractivity contribution < 1.29 is 5.11 Å². The minimum atomic E-state index is -0.386. The van der Waals surface area contributed by atoms with Crippen LogP contribution in [0.15, 0.2) is 17.1 Å². The summed E-state index contributed by atoms with van der Waals surface area (Å²) in [5, 5.41) is 9.58. The average molecular weight is 252 g/mol. The molecule has 0 fully saturated rings. The van der Waals surface area contributed by atoms with E-state index in [1.165, 1.54) is 38.5 Å². The second-order valence-electron chi connectivity index (χ2n) is 4.98. The van der Waals surface area contributed by atoms with Crippen LogP contribution in [0.4, 0.5) is 0 Å². The Morgan fingerprint density at radius 3 is 2.78 bits per heavy atom. The average Bonchev–Trinajstić information content (AvgIpc) is 2.81. The van der Waals surface area contributed by atoms with E-state index in [1.807, 2.05) is 11.8 Å². The number of unbranched alkanes of at least 4 members (excludes halogenated alkanes) is 4. The number of allylic oxidation sites excluding steroid dienone is 2. The number of rotatable bonds is 9. The normalized spacial score (nSPS) is 17.5. The molecule has 0 saturated carbocycles. The number of aliphatic imine (C=N–C) groups is 1. The first-order valence-electron chi connectivity index (χ1n) is 7.38.